The van der Waals surface area contributed by atoms with Crippen molar-refractivity contribution in [1.82, 2.24) is 20.6 Å². The fraction of sp³-hybridized carbons (Fsp3) is 0. The van der Waals surface area contributed by atoms with E-state index in [1.165, 1.54) is 18.3 Å². The number of anilines is 1. The van der Waals surface area contributed by atoms with Gasteiger partial charge in [-0.05, 0) is 39.3 Å². The van der Waals surface area contributed by atoms with Crippen molar-refractivity contribution in [3.63, 3.8) is 0 Å². The van der Waals surface area contributed by atoms with Crippen LogP contribution in [0, 0.1) is 10.1 Å². The van der Waals surface area contributed by atoms with Gasteiger partial charge in [-0.2, -0.15) is 10.3 Å². The summed E-state index contributed by atoms with van der Waals surface area (Å²) in [5.41, 5.74) is 3.26. The first-order valence-electron chi connectivity index (χ1n) is 6.20. The molecule has 0 saturated heterocycles. The van der Waals surface area contributed by atoms with E-state index in [-0.39, 0.29) is 11.6 Å². The molecular weight excluding hydrogens is 370 g/mol. The van der Waals surface area contributed by atoms with E-state index in [1.54, 1.807) is 18.2 Å². The third-order valence-electron chi connectivity index (χ3n) is 2.76. The van der Waals surface area contributed by atoms with Gasteiger partial charge in [0.25, 0.3) is 11.6 Å². The van der Waals surface area contributed by atoms with E-state index in [4.69, 9.17) is 4.42 Å². The van der Waals surface area contributed by atoms with E-state index in [9.17, 15) is 10.1 Å². The topological polar surface area (TPSA) is 135 Å². The average Bonchev–Trinajstić information content (AvgIpc) is 3.19. The van der Waals surface area contributed by atoms with Crippen molar-refractivity contribution >= 4 is 33.8 Å². The lowest BCUT2D eigenvalue weighted by atomic mass is 10.1. The van der Waals surface area contributed by atoms with Gasteiger partial charge in [0.15, 0.2) is 0 Å². The molecule has 116 valence electrons. The van der Waals surface area contributed by atoms with Gasteiger partial charge in [0.05, 0.1) is 11.1 Å². The van der Waals surface area contributed by atoms with Crippen LogP contribution < -0.4 is 5.43 Å². The molecule has 0 amide bonds. The Morgan fingerprint density at radius 1 is 1.39 bits per heavy atom. The fourth-order valence-electron chi connectivity index (χ4n) is 1.75. The Morgan fingerprint density at radius 2 is 2.26 bits per heavy atom. The third kappa shape index (κ3) is 3.40. The van der Waals surface area contributed by atoms with E-state index in [1.807, 2.05) is 0 Å². The summed E-state index contributed by atoms with van der Waals surface area (Å²) in [6.07, 6.45) is 1.44. The lowest BCUT2D eigenvalue weighted by Gasteiger charge is -2.00. The van der Waals surface area contributed by atoms with Gasteiger partial charge < -0.3 is 4.42 Å². The standard InChI is InChI=1S/C12H8BrN7O3/c13-10-5-7(20(21)22)1-3-9(10)11-4-2-8(23-11)6-14-15-12-16-18-19-17-12/h1-6H,(H2,15,16,17,18,19)/b14-6+. The van der Waals surface area contributed by atoms with Crippen LogP contribution in [0.25, 0.3) is 11.3 Å². The minimum Gasteiger partial charge on any atom is -0.455 e. The zero-order chi connectivity index (χ0) is 16.2. The number of nitro groups is 1. The largest absolute Gasteiger partial charge is 0.455 e. The van der Waals surface area contributed by atoms with Crippen LogP contribution in [0.3, 0.4) is 0 Å². The molecule has 2 heterocycles. The van der Waals surface area contributed by atoms with Crippen LogP contribution >= 0.6 is 15.9 Å². The molecule has 0 atom stereocenters. The summed E-state index contributed by atoms with van der Waals surface area (Å²) in [7, 11) is 0. The van der Waals surface area contributed by atoms with Crippen LogP contribution in [0.2, 0.25) is 0 Å². The number of nitrogens with zero attached hydrogens (tertiary/aromatic N) is 5. The Hall–Kier alpha value is -3.08. The number of aromatic amines is 1. The summed E-state index contributed by atoms with van der Waals surface area (Å²) in [6, 6.07) is 7.89. The Labute approximate surface area is 136 Å². The zero-order valence-electron chi connectivity index (χ0n) is 11.3. The predicted molar refractivity (Wildman–Crippen MR) is 83.9 cm³/mol. The maximum Gasteiger partial charge on any atom is 0.283 e. The Bertz CT molecular complexity index is 859. The highest BCUT2D eigenvalue weighted by Crippen LogP contribution is 2.32. The van der Waals surface area contributed by atoms with Gasteiger partial charge in [0, 0.05) is 22.2 Å². The highest BCUT2D eigenvalue weighted by atomic mass is 79.9. The van der Waals surface area contributed by atoms with Gasteiger partial charge in [-0.15, -0.1) is 5.10 Å². The van der Waals surface area contributed by atoms with Crippen LogP contribution in [-0.4, -0.2) is 31.8 Å². The SMILES string of the molecule is O=[N+]([O-])c1ccc(-c2ccc(/C=N/Nc3nn[nH]n3)o2)c(Br)c1. The number of rotatable bonds is 5. The quantitative estimate of drug-likeness (QED) is 0.396. The molecule has 0 aliphatic carbocycles. The number of non-ortho nitro benzene ring substituents is 1. The highest BCUT2D eigenvalue weighted by Gasteiger charge is 2.12. The maximum absolute atomic E-state index is 10.7. The van der Waals surface area contributed by atoms with Crippen LogP contribution in [0.1, 0.15) is 5.76 Å². The van der Waals surface area contributed by atoms with Crippen molar-refractivity contribution in [1.29, 1.82) is 0 Å². The van der Waals surface area contributed by atoms with Gasteiger partial charge in [-0.25, -0.2) is 5.43 Å². The lowest BCUT2D eigenvalue weighted by molar-refractivity contribution is -0.384. The second-order valence-corrected chi connectivity index (χ2v) is 5.08. The van der Waals surface area contributed by atoms with E-state index in [2.05, 4.69) is 47.1 Å². The van der Waals surface area contributed by atoms with Gasteiger partial charge in [-0.3, -0.25) is 10.1 Å². The molecule has 0 bridgehead atoms. The molecule has 0 saturated carbocycles. The van der Waals surface area contributed by atoms with Crippen LogP contribution in [0.5, 0.6) is 0 Å². The van der Waals surface area contributed by atoms with Crippen LogP contribution in [0.15, 0.2) is 44.3 Å². The smallest absolute Gasteiger partial charge is 0.283 e. The van der Waals surface area contributed by atoms with E-state index in [0.717, 1.165) is 0 Å². The predicted octanol–water partition coefficient (Wildman–Crippen LogP) is 2.58. The molecule has 2 N–H and O–H groups in total. The molecule has 3 aromatic rings. The Balaban J connectivity index is 1.76. The number of hydrogen-bond acceptors (Lipinski definition) is 8. The van der Waals surface area contributed by atoms with Crippen molar-refractivity contribution in [3.05, 3.63) is 50.7 Å². The molecule has 0 fully saturated rings. The number of aromatic nitrogens is 4. The molecule has 1 aromatic carbocycles. The number of nitro benzene ring substituents is 1. The molecule has 0 spiro atoms. The Morgan fingerprint density at radius 3 is 2.96 bits per heavy atom. The third-order valence-corrected chi connectivity index (χ3v) is 3.41. The molecule has 0 unspecified atom stereocenters. The summed E-state index contributed by atoms with van der Waals surface area (Å²) in [5, 5.41) is 27.6. The number of nitrogens with one attached hydrogen (secondary N) is 2. The van der Waals surface area contributed by atoms with Crippen molar-refractivity contribution in [2.45, 2.75) is 0 Å². The highest BCUT2D eigenvalue weighted by molar-refractivity contribution is 9.10. The number of benzene rings is 1. The van der Waals surface area contributed by atoms with Crippen LogP contribution in [-0.2, 0) is 0 Å². The summed E-state index contributed by atoms with van der Waals surface area (Å²) < 4.78 is 6.18. The first kappa shape index (κ1) is 14.8. The molecule has 3 rings (SSSR count). The van der Waals surface area contributed by atoms with Crippen molar-refractivity contribution in [2.75, 3.05) is 5.43 Å². The number of furan rings is 1. The van der Waals surface area contributed by atoms with Gasteiger partial charge in [-0.1, -0.05) is 5.10 Å². The minimum absolute atomic E-state index is 0.00159. The van der Waals surface area contributed by atoms with E-state index in [0.29, 0.717) is 21.6 Å². The average molecular weight is 378 g/mol. The molecule has 0 radical (unpaired) electrons. The van der Waals surface area contributed by atoms with Crippen molar-refractivity contribution in [3.8, 4) is 11.3 Å². The minimum atomic E-state index is -0.460. The number of tetrazole rings is 1. The first-order chi connectivity index (χ1) is 11.1. The zero-order valence-corrected chi connectivity index (χ0v) is 12.9. The summed E-state index contributed by atoms with van der Waals surface area (Å²) >= 11 is 3.30. The number of hydrogen-bond donors (Lipinski definition) is 2. The molecular formula is C12H8BrN7O3. The second-order valence-electron chi connectivity index (χ2n) is 4.23. The monoisotopic (exact) mass is 377 g/mol. The summed E-state index contributed by atoms with van der Waals surface area (Å²) in [5.74, 6) is 1.26. The van der Waals surface area contributed by atoms with E-state index < -0.39 is 4.92 Å². The molecule has 23 heavy (non-hydrogen) atoms. The van der Waals surface area contributed by atoms with Crippen molar-refractivity contribution < 1.29 is 9.34 Å². The molecule has 0 aliphatic heterocycles. The summed E-state index contributed by atoms with van der Waals surface area (Å²) in [6.45, 7) is 0. The number of hydrazone groups is 1. The molecule has 2 aromatic heterocycles. The number of halogens is 1. The van der Waals surface area contributed by atoms with E-state index >= 15 is 0 Å². The van der Waals surface area contributed by atoms with Gasteiger partial charge in [0.2, 0.25) is 0 Å². The molecule has 0 aliphatic rings. The van der Waals surface area contributed by atoms with Gasteiger partial charge in [0.1, 0.15) is 11.5 Å². The van der Waals surface area contributed by atoms with Crippen molar-refractivity contribution in [2.24, 2.45) is 5.10 Å². The van der Waals surface area contributed by atoms with Crippen LogP contribution in [0.4, 0.5) is 11.6 Å². The number of H-pyrrole nitrogens is 1. The fourth-order valence-corrected chi connectivity index (χ4v) is 2.31. The van der Waals surface area contributed by atoms with Gasteiger partial charge >= 0.3 is 0 Å². The first-order valence-corrected chi connectivity index (χ1v) is 6.99. The molecule has 10 nitrogen and oxygen atoms in total. The maximum atomic E-state index is 10.7. The second kappa shape index (κ2) is 6.36. The lowest BCUT2D eigenvalue weighted by Crippen LogP contribution is -1.91. The molecule has 11 heteroatoms. The summed E-state index contributed by atoms with van der Waals surface area (Å²) in [4.78, 5) is 10.3. The normalized spacial score (nSPS) is 11.0. The Kier molecular flexibility index (Phi) is 4.10.